The fourth-order valence-corrected chi connectivity index (χ4v) is 4.53. The van der Waals surface area contributed by atoms with Crippen LogP contribution in [0, 0.1) is 17.8 Å². The Hall–Kier alpha value is -0.550. The van der Waals surface area contributed by atoms with Gasteiger partial charge in [-0.1, -0.05) is 28.4 Å². The molecule has 0 saturated heterocycles. The van der Waals surface area contributed by atoms with Gasteiger partial charge in [0.2, 0.25) is 0 Å². The molecule has 0 aliphatic heterocycles. The summed E-state index contributed by atoms with van der Waals surface area (Å²) < 4.78 is 38.7. The highest BCUT2D eigenvalue weighted by atomic mass is 79.9. The lowest BCUT2D eigenvalue weighted by molar-refractivity contribution is -0.138. The number of halogens is 4. The Balaban J connectivity index is 1.74. The Kier molecular flexibility index (Phi) is 4.08. The van der Waals surface area contributed by atoms with Crippen molar-refractivity contribution in [3.8, 4) is 0 Å². The fraction of sp³-hybridized carbons (Fsp3) is 0.625. The van der Waals surface area contributed by atoms with Crippen LogP contribution in [0.3, 0.4) is 0 Å². The summed E-state index contributed by atoms with van der Waals surface area (Å²) in [6, 6.07) is 4.03. The number of aliphatic hydroxyl groups excluding tert-OH is 1. The van der Waals surface area contributed by atoms with Crippen LogP contribution in [0.25, 0.3) is 0 Å². The highest BCUT2D eigenvalue weighted by molar-refractivity contribution is 9.10. The molecular formula is C16H18BrF3O. The summed E-state index contributed by atoms with van der Waals surface area (Å²) in [7, 11) is 0. The normalized spacial score (nSPS) is 29.9. The molecule has 21 heavy (non-hydrogen) atoms. The standard InChI is InChI=1S/C16H18BrF3O/c17-14-4-3-11(7-13(14)16(18,19)20)15(21)8-12-6-9-1-2-10(12)5-9/h3-4,7,9-10,12,15,21H,1-2,5-6,8H2. The van der Waals surface area contributed by atoms with Crippen molar-refractivity contribution in [3.05, 3.63) is 33.8 Å². The van der Waals surface area contributed by atoms with Gasteiger partial charge in [0.25, 0.3) is 0 Å². The molecule has 0 spiro atoms. The summed E-state index contributed by atoms with van der Waals surface area (Å²) in [4.78, 5) is 0. The van der Waals surface area contributed by atoms with E-state index >= 15 is 0 Å². The monoisotopic (exact) mass is 362 g/mol. The van der Waals surface area contributed by atoms with Crippen molar-refractivity contribution in [2.24, 2.45) is 17.8 Å². The smallest absolute Gasteiger partial charge is 0.388 e. The van der Waals surface area contributed by atoms with Gasteiger partial charge in [-0.15, -0.1) is 0 Å². The maximum Gasteiger partial charge on any atom is 0.417 e. The van der Waals surface area contributed by atoms with Crippen molar-refractivity contribution < 1.29 is 18.3 Å². The maximum atomic E-state index is 12.9. The van der Waals surface area contributed by atoms with Gasteiger partial charge < -0.3 is 5.11 Å². The first-order valence-electron chi connectivity index (χ1n) is 7.39. The summed E-state index contributed by atoms with van der Waals surface area (Å²) in [6.45, 7) is 0. The summed E-state index contributed by atoms with van der Waals surface area (Å²) in [5.74, 6) is 1.92. The van der Waals surface area contributed by atoms with Gasteiger partial charge in [-0.05, 0) is 61.1 Å². The second kappa shape index (κ2) is 5.58. The molecule has 0 aromatic heterocycles. The Bertz CT molecular complexity index is 529. The minimum atomic E-state index is -4.40. The largest absolute Gasteiger partial charge is 0.417 e. The number of alkyl halides is 3. The molecule has 1 nitrogen and oxygen atoms in total. The molecule has 3 rings (SSSR count). The Labute approximate surface area is 130 Å². The molecule has 2 fully saturated rings. The first kappa shape index (κ1) is 15.3. The van der Waals surface area contributed by atoms with Crippen molar-refractivity contribution in [2.45, 2.75) is 44.4 Å². The topological polar surface area (TPSA) is 20.2 Å². The van der Waals surface area contributed by atoms with Gasteiger partial charge in [0.05, 0.1) is 11.7 Å². The molecule has 2 aliphatic rings. The first-order valence-corrected chi connectivity index (χ1v) is 8.18. The SMILES string of the molecule is OC(CC1CC2CCC1C2)c1ccc(Br)c(C(F)(F)F)c1. The van der Waals surface area contributed by atoms with Crippen LogP contribution in [0.2, 0.25) is 0 Å². The third-order valence-corrected chi connectivity index (χ3v) is 5.78. The Morgan fingerprint density at radius 3 is 2.57 bits per heavy atom. The van der Waals surface area contributed by atoms with Gasteiger partial charge in [-0.25, -0.2) is 0 Å². The molecular weight excluding hydrogens is 345 g/mol. The lowest BCUT2D eigenvalue weighted by atomic mass is 9.83. The number of fused-ring (bicyclic) bond motifs is 2. The van der Waals surface area contributed by atoms with Crippen LogP contribution >= 0.6 is 15.9 Å². The van der Waals surface area contributed by atoms with E-state index in [-0.39, 0.29) is 4.47 Å². The lowest BCUT2D eigenvalue weighted by Gasteiger charge is -2.24. The summed E-state index contributed by atoms with van der Waals surface area (Å²) in [6.07, 6.45) is 0.254. The average molecular weight is 363 g/mol. The van der Waals surface area contributed by atoms with E-state index in [1.165, 1.54) is 25.3 Å². The quantitative estimate of drug-likeness (QED) is 0.770. The van der Waals surface area contributed by atoms with E-state index in [4.69, 9.17) is 0 Å². The molecule has 4 atom stereocenters. The van der Waals surface area contributed by atoms with Crippen LogP contribution in [0.1, 0.15) is 49.3 Å². The first-order chi connectivity index (χ1) is 9.84. The van der Waals surface area contributed by atoms with Crippen molar-refractivity contribution in [2.75, 3.05) is 0 Å². The molecule has 2 aliphatic carbocycles. The van der Waals surface area contributed by atoms with E-state index in [1.807, 2.05) is 0 Å². The number of hydrogen-bond acceptors (Lipinski definition) is 1. The third kappa shape index (κ3) is 3.14. The van der Waals surface area contributed by atoms with Gasteiger partial charge in [-0.2, -0.15) is 13.2 Å². The van der Waals surface area contributed by atoms with E-state index in [1.54, 1.807) is 6.07 Å². The Morgan fingerprint density at radius 1 is 1.24 bits per heavy atom. The van der Waals surface area contributed by atoms with Crippen LogP contribution in [0.4, 0.5) is 13.2 Å². The minimum absolute atomic E-state index is 0.0193. The molecule has 0 amide bonds. The molecule has 2 bridgehead atoms. The van der Waals surface area contributed by atoms with Gasteiger partial charge in [0.15, 0.2) is 0 Å². The highest BCUT2D eigenvalue weighted by Gasteiger charge is 2.40. The Morgan fingerprint density at radius 2 is 2.00 bits per heavy atom. The summed E-state index contributed by atoms with van der Waals surface area (Å²) in [5, 5.41) is 10.3. The zero-order chi connectivity index (χ0) is 15.2. The van der Waals surface area contributed by atoms with E-state index in [0.717, 1.165) is 18.4 Å². The van der Waals surface area contributed by atoms with E-state index in [0.29, 0.717) is 23.8 Å². The molecule has 1 aromatic carbocycles. The van der Waals surface area contributed by atoms with Gasteiger partial charge >= 0.3 is 6.18 Å². The molecule has 116 valence electrons. The number of aliphatic hydroxyl groups is 1. The van der Waals surface area contributed by atoms with Crippen molar-refractivity contribution in [1.82, 2.24) is 0 Å². The van der Waals surface area contributed by atoms with E-state index in [9.17, 15) is 18.3 Å². The number of rotatable bonds is 3. The summed E-state index contributed by atoms with van der Waals surface area (Å²) in [5.41, 5.74) is -0.347. The number of benzene rings is 1. The van der Waals surface area contributed by atoms with Crippen LogP contribution in [-0.2, 0) is 6.18 Å². The second-order valence-electron chi connectivity index (χ2n) is 6.42. The summed E-state index contributed by atoms with van der Waals surface area (Å²) >= 11 is 2.93. The molecule has 0 radical (unpaired) electrons. The van der Waals surface area contributed by atoms with Crippen LogP contribution < -0.4 is 0 Å². The molecule has 5 heteroatoms. The predicted octanol–water partition coefficient (Wildman–Crippen LogP) is 5.33. The molecule has 0 heterocycles. The highest BCUT2D eigenvalue weighted by Crippen LogP contribution is 2.51. The zero-order valence-corrected chi connectivity index (χ0v) is 13.1. The minimum Gasteiger partial charge on any atom is -0.388 e. The zero-order valence-electron chi connectivity index (χ0n) is 11.5. The molecule has 1 aromatic rings. The van der Waals surface area contributed by atoms with Gasteiger partial charge in [-0.3, -0.25) is 0 Å². The van der Waals surface area contributed by atoms with Crippen molar-refractivity contribution >= 4 is 15.9 Å². The van der Waals surface area contributed by atoms with Gasteiger partial charge in [0.1, 0.15) is 0 Å². The van der Waals surface area contributed by atoms with Crippen LogP contribution in [0.5, 0.6) is 0 Å². The average Bonchev–Trinajstić information content (AvgIpc) is 3.00. The van der Waals surface area contributed by atoms with Crippen LogP contribution in [-0.4, -0.2) is 5.11 Å². The molecule has 1 N–H and O–H groups in total. The van der Waals surface area contributed by atoms with Crippen molar-refractivity contribution in [3.63, 3.8) is 0 Å². The molecule has 4 unspecified atom stereocenters. The predicted molar refractivity (Wildman–Crippen MR) is 77.7 cm³/mol. The number of hydrogen-bond donors (Lipinski definition) is 1. The maximum absolute atomic E-state index is 12.9. The lowest BCUT2D eigenvalue weighted by Crippen LogP contribution is -2.15. The third-order valence-electron chi connectivity index (χ3n) is 5.09. The van der Waals surface area contributed by atoms with E-state index in [2.05, 4.69) is 15.9 Å². The second-order valence-corrected chi connectivity index (χ2v) is 7.28. The fourth-order valence-electron chi connectivity index (χ4n) is 4.06. The van der Waals surface area contributed by atoms with Crippen LogP contribution in [0.15, 0.2) is 22.7 Å². The molecule has 2 saturated carbocycles. The van der Waals surface area contributed by atoms with Crippen molar-refractivity contribution in [1.29, 1.82) is 0 Å². The van der Waals surface area contributed by atoms with E-state index < -0.39 is 17.8 Å². The van der Waals surface area contributed by atoms with Gasteiger partial charge in [0, 0.05) is 4.47 Å².